The molecule has 0 aliphatic carbocycles. The van der Waals surface area contributed by atoms with Gasteiger partial charge >= 0.3 is 0 Å². The van der Waals surface area contributed by atoms with E-state index in [0.717, 1.165) is 41.9 Å². The van der Waals surface area contributed by atoms with Crippen LogP contribution < -0.4 is 5.32 Å². The molecule has 0 unspecified atom stereocenters. The molecular formula is C22H25N5OS2. The van der Waals surface area contributed by atoms with Crippen molar-refractivity contribution in [3.63, 3.8) is 0 Å². The zero-order valence-electron chi connectivity index (χ0n) is 17.1. The number of hydrogen-bond donors (Lipinski definition) is 1. The van der Waals surface area contributed by atoms with Crippen LogP contribution in [-0.2, 0) is 4.74 Å². The van der Waals surface area contributed by atoms with Crippen LogP contribution in [0.3, 0.4) is 0 Å². The van der Waals surface area contributed by atoms with Crippen molar-refractivity contribution in [2.24, 2.45) is 0 Å². The maximum atomic E-state index is 5.95. The fraction of sp³-hybridized carbons (Fsp3) is 0.409. The second-order valence-electron chi connectivity index (χ2n) is 7.89. The predicted octanol–water partition coefficient (Wildman–Crippen LogP) is 4.10. The van der Waals surface area contributed by atoms with Crippen LogP contribution in [-0.4, -0.2) is 43.8 Å². The molecule has 2 aliphatic heterocycles. The van der Waals surface area contributed by atoms with E-state index < -0.39 is 0 Å². The Labute approximate surface area is 185 Å². The number of aryl methyl sites for hydroxylation is 1. The first-order valence-corrected chi connectivity index (χ1v) is 11.6. The Hall–Kier alpha value is -2.29. The monoisotopic (exact) mass is 439 g/mol. The van der Waals surface area contributed by atoms with Crippen LogP contribution in [0.5, 0.6) is 0 Å². The Kier molecular flexibility index (Phi) is 5.30. The van der Waals surface area contributed by atoms with Gasteiger partial charge in [-0.3, -0.25) is 9.55 Å². The number of nitrogens with one attached hydrogen (secondary N) is 1. The summed E-state index contributed by atoms with van der Waals surface area (Å²) in [5.41, 5.74) is 4.62. The van der Waals surface area contributed by atoms with Gasteiger partial charge in [0.2, 0.25) is 0 Å². The lowest BCUT2D eigenvalue weighted by atomic mass is 9.96. The van der Waals surface area contributed by atoms with Gasteiger partial charge in [0.15, 0.2) is 10.2 Å². The molecule has 1 N–H and O–H groups in total. The van der Waals surface area contributed by atoms with E-state index in [4.69, 9.17) is 17.0 Å². The minimum absolute atomic E-state index is 0.00894. The fourth-order valence-electron chi connectivity index (χ4n) is 4.66. The van der Waals surface area contributed by atoms with Crippen molar-refractivity contribution in [3.05, 3.63) is 64.7 Å². The van der Waals surface area contributed by atoms with E-state index in [1.54, 1.807) is 11.3 Å². The minimum atomic E-state index is -0.00894. The largest absolute Gasteiger partial charge is 0.376 e. The Morgan fingerprint density at radius 3 is 2.87 bits per heavy atom. The summed E-state index contributed by atoms with van der Waals surface area (Å²) in [6.45, 7) is 5.94. The number of hydrogen-bond acceptors (Lipinski definition) is 5. The maximum Gasteiger partial charge on any atom is 0.193 e. The highest BCUT2D eigenvalue weighted by Gasteiger charge is 2.42. The van der Waals surface area contributed by atoms with Crippen LogP contribution in [0.1, 0.15) is 47.6 Å². The van der Waals surface area contributed by atoms with Gasteiger partial charge < -0.3 is 15.0 Å². The molecule has 0 aromatic carbocycles. The van der Waals surface area contributed by atoms with Crippen molar-refractivity contribution in [2.45, 2.75) is 44.9 Å². The Bertz CT molecular complexity index is 1030. The highest BCUT2D eigenvalue weighted by Crippen LogP contribution is 2.42. The first-order chi connectivity index (χ1) is 14.6. The van der Waals surface area contributed by atoms with Gasteiger partial charge in [-0.05, 0) is 62.7 Å². The molecule has 2 fully saturated rings. The number of pyridine rings is 1. The van der Waals surface area contributed by atoms with Crippen molar-refractivity contribution < 1.29 is 4.74 Å². The maximum absolute atomic E-state index is 5.95. The molecular weight excluding hydrogens is 414 g/mol. The predicted molar refractivity (Wildman–Crippen MR) is 122 cm³/mol. The van der Waals surface area contributed by atoms with E-state index in [1.807, 2.05) is 29.9 Å². The van der Waals surface area contributed by atoms with Gasteiger partial charge in [-0.2, -0.15) is 0 Å². The van der Waals surface area contributed by atoms with E-state index in [9.17, 15) is 0 Å². The normalized spacial score (nSPS) is 23.9. The van der Waals surface area contributed by atoms with E-state index in [1.165, 1.54) is 17.0 Å². The lowest BCUT2D eigenvalue weighted by molar-refractivity contribution is 0.0842. The third kappa shape index (κ3) is 3.42. The standard InChI is InChI=1S/C22H25N5OS2/c1-14-12-17(15(2)27(14)22-24-9-11-30-22)20-19(18-7-3-4-8-23-18)25-21(29)26(20)13-16-6-5-10-28-16/h3-4,7-9,11-12,16,19-20H,5-6,10,13H2,1-2H3,(H,25,29)/t16-,19+,20+/m0/s1. The van der Waals surface area contributed by atoms with E-state index in [0.29, 0.717) is 0 Å². The number of thiocarbonyl (C=S) groups is 1. The highest BCUT2D eigenvalue weighted by molar-refractivity contribution is 7.80. The molecule has 5 rings (SSSR count). The molecule has 6 nitrogen and oxygen atoms in total. The summed E-state index contributed by atoms with van der Waals surface area (Å²) in [5, 5.41) is 7.32. The van der Waals surface area contributed by atoms with Crippen LogP contribution >= 0.6 is 23.6 Å². The second kappa shape index (κ2) is 8.09. The molecule has 0 radical (unpaired) electrons. The summed E-state index contributed by atoms with van der Waals surface area (Å²) in [6, 6.07) is 8.37. The second-order valence-corrected chi connectivity index (χ2v) is 9.15. The SMILES string of the molecule is Cc1cc([C@@H]2[C@@H](c3ccccn3)NC(=S)N2C[C@@H]2CCCO2)c(C)n1-c1nccs1. The van der Waals surface area contributed by atoms with Gasteiger partial charge in [-0.15, -0.1) is 11.3 Å². The molecule has 0 amide bonds. The average molecular weight is 440 g/mol. The van der Waals surface area contributed by atoms with Gasteiger partial charge in [0.05, 0.1) is 23.9 Å². The summed E-state index contributed by atoms with van der Waals surface area (Å²) >= 11 is 7.46. The highest BCUT2D eigenvalue weighted by atomic mass is 32.1. The van der Waals surface area contributed by atoms with Gasteiger partial charge in [0.1, 0.15) is 0 Å². The number of aromatic nitrogens is 3. The van der Waals surface area contributed by atoms with Crippen molar-refractivity contribution >= 4 is 28.7 Å². The molecule has 30 heavy (non-hydrogen) atoms. The molecule has 156 valence electrons. The first-order valence-electron chi connectivity index (χ1n) is 10.3. The van der Waals surface area contributed by atoms with E-state index in [2.05, 4.69) is 50.7 Å². The Morgan fingerprint density at radius 2 is 2.17 bits per heavy atom. The summed E-state index contributed by atoms with van der Waals surface area (Å²) in [4.78, 5) is 11.5. The average Bonchev–Trinajstić information content (AvgIpc) is 3.53. The molecule has 0 bridgehead atoms. The zero-order chi connectivity index (χ0) is 20.7. The summed E-state index contributed by atoms with van der Waals surface area (Å²) in [5.74, 6) is 0. The molecule has 8 heteroatoms. The summed E-state index contributed by atoms with van der Waals surface area (Å²) in [7, 11) is 0. The molecule has 2 saturated heterocycles. The number of rotatable bonds is 5. The van der Waals surface area contributed by atoms with Crippen molar-refractivity contribution in [2.75, 3.05) is 13.2 Å². The van der Waals surface area contributed by atoms with Gasteiger partial charge in [-0.1, -0.05) is 6.07 Å². The molecule has 2 aliphatic rings. The Morgan fingerprint density at radius 1 is 1.27 bits per heavy atom. The topological polar surface area (TPSA) is 55.2 Å². The van der Waals surface area contributed by atoms with Crippen LogP contribution in [0.2, 0.25) is 0 Å². The summed E-state index contributed by atoms with van der Waals surface area (Å²) in [6.07, 6.45) is 6.12. The van der Waals surface area contributed by atoms with Crippen molar-refractivity contribution in [1.29, 1.82) is 0 Å². The lowest BCUT2D eigenvalue weighted by Crippen LogP contribution is -2.36. The zero-order valence-corrected chi connectivity index (χ0v) is 18.7. The fourth-order valence-corrected chi connectivity index (χ4v) is 5.72. The van der Waals surface area contributed by atoms with Gasteiger partial charge in [0.25, 0.3) is 0 Å². The Balaban J connectivity index is 1.58. The van der Waals surface area contributed by atoms with Crippen LogP contribution in [0.15, 0.2) is 42.0 Å². The van der Waals surface area contributed by atoms with Crippen LogP contribution in [0.25, 0.3) is 5.13 Å². The van der Waals surface area contributed by atoms with E-state index in [-0.39, 0.29) is 18.2 Å². The molecule has 3 aromatic heterocycles. The van der Waals surface area contributed by atoms with E-state index >= 15 is 0 Å². The van der Waals surface area contributed by atoms with Crippen molar-refractivity contribution in [3.8, 4) is 5.13 Å². The van der Waals surface area contributed by atoms with Crippen LogP contribution in [0.4, 0.5) is 0 Å². The minimum Gasteiger partial charge on any atom is -0.376 e. The van der Waals surface area contributed by atoms with Gasteiger partial charge in [0, 0.05) is 42.3 Å². The molecule has 3 aromatic rings. The third-order valence-corrected chi connectivity index (χ3v) is 7.13. The third-order valence-electron chi connectivity index (χ3n) is 6.02. The quantitative estimate of drug-likeness (QED) is 0.604. The van der Waals surface area contributed by atoms with Gasteiger partial charge in [-0.25, -0.2) is 4.98 Å². The lowest BCUT2D eigenvalue weighted by Gasteiger charge is -2.30. The summed E-state index contributed by atoms with van der Waals surface area (Å²) < 4.78 is 8.19. The number of ether oxygens (including phenoxy) is 1. The molecule has 0 spiro atoms. The smallest absolute Gasteiger partial charge is 0.193 e. The molecule has 5 heterocycles. The molecule has 0 saturated carbocycles. The number of nitrogens with zero attached hydrogens (tertiary/aromatic N) is 4. The molecule has 3 atom stereocenters. The van der Waals surface area contributed by atoms with Crippen molar-refractivity contribution in [1.82, 2.24) is 24.8 Å². The number of thiazole rings is 1. The first kappa shape index (κ1) is 19.7. The van der Waals surface area contributed by atoms with Crippen LogP contribution in [0, 0.1) is 13.8 Å².